The van der Waals surface area contributed by atoms with Crippen molar-refractivity contribution in [3.05, 3.63) is 59.7 Å². The Morgan fingerprint density at radius 1 is 1.15 bits per heavy atom. The molecule has 0 saturated heterocycles. The van der Waals surface area contributed by atoms with Gasteiger partial charge >= 0.3 is 0 Å². The fourth-order valence-electron chi connectivity index (χ4n) is 2.88. The van der Waals surface area contributed by atoms with Crippen molar-refractivity contribution in [2.45, 2.75) is 19.8 Å². The van der Waals surface area contributed by atoms with Crippen LogP contribution in [0.1, 0.15) is 29.3 Å². The molecule has 26 heavy (non-hydrogen) atoms. The Morgan fingerprint density at radius 3 is 2.54 bits per heavy atom. The van der Waals surface area contributed by atoms with E-state index in [1.165, 1.54) is 0 Å². The highest BCUT2D eigenvalue weighted by atomic mass is 16.5. The van der Waals surface area contributed by atoms with Crippen molar-refractivity contribution in [2.24, 2.45) is 11.8 Å². The lowest BCUT2D eigenvalue weighted by Gasteiger charge is -2.09. The van der Waals surface area contributed by atoms with Crippen molar-refractivity contribution < 1.29 is 14.3 Å². The second-order valence-electron chi connectivity index (χ2n) is 6.74. The molecule has 2 aromatic carbocycles. The predicted molar refractivity (Wildman–Crippen MR) is 101 cm³/mol. The number of carbonyl (C=O) groups is 2. The Hall–Kier alpha value is -2.82. The van der Waals surface area contributed by atoms with Crippen LogP contribution >= 0.6 is 0 Å². The lowest BCUT2D eigenvalue weighted by atomic mass is 10.1. The maximum atomic E-state index is 12.3. The van der Waals surface area contributed by atoms with Gasteiger partial charge in [-0.3, -0.25) is 9.59 Å². The van der Waals surface area contributed by atoms with E-state index in [9.17, 15) is 9.59 Å². The minimum atomic E-state index is -0.144. The molecule has 0 heterocycles. The summed E-state index contributed by atoms with van der Waals surface area (Å²) in [7, 11) is 1.64. The molecule has 2 aromatic rings. The topological polar surface area (TPSA) is 67.4 Å². The Bertz CT molecular complexity index is 786. The highest BCUT2D eigenvalue weighted by Gasteiger charge is 2.39. The highest BCUT2D eigenvalue weighted by Crippen LogP contribution is 2.38. The van der Waals surface area contributed by atoms with Crippen molar-refractivity contribution in [2.75, 3.05) is 19.0 Å². The second-order valence-corrected chi connectivity index (χ2v) is 6.74. The van der Waals surface area contributed by atoms with Crippen LogP contribution in [0, 0.1) is 11.8 Å². The van der Waals surface area contributed by atoms with Gasteiger partial charge in [-0.2, -0.15) is 0 Å². The molecule has 1 aliphatic carbocycles. The number of rotatable bonds is 7. The lowest BCUT2D eigenvalue weighted by molar-refractivity contribution is -0.117. The van der Waals surface area contributed by atoms with Crippen LogP contribution in [0.2, 0.25) is 0 Å². The van der Waals surface area contributed by atoms with Gasteiger partial charge in [-0.25, -0.2) is 0 Å². The summed E-state index contributed by atoms with van der Waals surface area (Å²) in [5.74, 6) is 1.28. The fraction of sp³-hybridized carbons (Fsp3) is 0.333. The molecule has 1 fully saturated rings. The molecule has 5 nitrogen and oxygen atoms in total. The molecule has 0 bridgehead atoms. The molecular weight excluding hydrogens is 328 g/mol. The largest absolute Gasteiger partial charge is 0.497 e. The van der Waals surface area contributed by atoms with Gasteiger partial charge in [-0.15, -0.1) is 0 Å². The zero-order valence-corrected chi connectivity index (χ0v) is 15.1. The molecule has 2 N–H and O–H groups in total. The van der Waals surface area contributed by atoms with Crippen molar-refractivity contribution in [1.29, 1.82) is 0 Å². The molecule has 5 heteroatoms. The third-order valence-electron chi connectivity index (χ3n) is 4.70. The standard InChI is InChI=1S/C21H24N2O3/c1-14-12-19(14)21(25)23-17-5-3-4-16(13-17)20(24)22-11-10-15-6-8-18(26-2)9-7-15/h3-9,13-14,19H,10-12H2,1-2H3,(H,22,24)(H,23,25)/t14-,19+/m0/s1. The van der Waals surface area contributed by atoms with Gasteiger partial charge in [-0.1, -0.05) is 25.1 Å². The van der Waals surface area contributed by atoms with Gasteiger partial charge in [0.05, 0.1) is 7.11 Å². The summed E-state index contributed by atoms with van der Waals surface area (Å²) in [5.41, 5.74) is 2.34. The summed E-state index contributed by atoms with van der Waals surface area (Å²) < 4.78 is 5.13. The van der Waals surface area contributed by atoms with Crippen molar-refractivity contribution in [3.63, 3.8) is 0 Å². The number of anilines is 1. The molecule has 1 aliphatic rings. The lowest BCUT2D eigenvalue weighted by Crippen LogP contribution is -2.25. The van der Waals surface area contributed by atoms with Gasteiger partial charge in [0.25, 0.3) is 5.91 Å². The first-order valence-corrected chi connectivity index (χ1v) is 8.89. The van der Waals surface area contributed by atoms with E-state index in [0.29, 0.717) is 23.7 Å². The molecule has 136 valence electrons. The minimum absolute atomic E-state index is 0.0366. The molecule has 0 unspecified atom stereocenters. The van der Waals surface area contributed by atoms with Crippen LogP contribution in [0.4, 0.5) is 5.69 Å². The zero-order valence-electron chi connectivity index (χ0n) is 15.1. The molecule has 0 aromatic heterocycles. The van der Waals surface area contributed by atoms with Crippen molar-refractivity contribution >= 4 is 17.5 Å². The van der Waals surface area contributed by atoms with Crippen LogP contribution in [0.5, 0.6) is 5.75 Å². The zero-order chi connectivity index (χ0) is 18.5. The second kappa shape index (κ2) is 8.04. The summed E-state index contributed by atoms with van der Waals surface area (Å²) in [6, 6.07) is 14.8. The van der Waals surface area contributed by atoms with E-state index < -0.39 is 0 Å². The molecule has 2 atom stereocenters. The Labute approximate surface area is 153 Å². The summed E-state index contributed by atoms with van der Waals surface area (Å²) in [4.78, 5) is 24.3. The summed E-state index contributed by atoms with van der Waals surface area (Å²) in [6.07, 6.45) is 1.68. The first-order valence-electron chi connectivity index (χ1n) is 8.89. The van der Waals surface area contributed by atoms with Crippen molar-refractivity contribution in [1.82, 2.24) is 5.32 Å². The number of nitrogens with one attached hydrogen (secondary N) is 2. The van der Waals surface area contributed by atoms with Gasteiger partial charge in [0, 0.05) is 23.7 Å². The van der Waals surface area contributed by atoms with Crippen LogP contribution in [0.15, 0.2) is 48.5 Å². The van der Waals surface area contributed by atoms with Gasteiger partial charge in [0.2, 0.25) is 5.91 Å². The number of benzene rings is 2. The van der Waals surface area contributed by atoms with E-state index in [-0.39, 0.29) is 17.7 Å². The monoisotopic (exact) mass is 352 g/mol. The van der Waals surface area contributed by atoms with E-state index in [1.54, 1.807) is 31.4 Å². The molecule has 2 amide bonds. The van der Waals surface area contributed by atoms with Crippen LogP contribution in [0.25, 0.3) is 0 Å². The Kier molecular flexibility index (Phi) is 5.56. The number of hydrogen-bond acceptors (Lipinski definition) is 3. The average molecular weight is 352 g/mol. The van der Waals surface area contributed by atoms with Gasteiger partial charge in [0.1, 0.15) is 5.75 Å². The average Bonchev–Trinajstić information content (AvgIpc) is 3.39. The normalized spacial score (nSPS) is 18.1. The van der Waals surface area contributed by atoms with E-state index in [4.69, 9.17) is 4.74 Å². The first kappa shape index (κ1) is 18.0. The summed E-state index contributed by atoms with van der Waals surface area (Å²) in [6.45, 7) is 2.61. The van der Waals surface area contributed by atoms with E-state index in [1.807, 2.05) is 24.3 Å². The summed E-state index contributed by atoms with van der Waals surface area (Å²) >= 11 is 0. The van der Waals surface area contributed by atoms with Crippen molar-refractivity contribution in [3.8, 4) is 5.75 Å². The van der Waals surface area contributed by atoms with Crippen LogP contribution in [-0.2, 0) is 11.2 Å². The Balaban J connectivity index is 1.50. The van der Waals surface area contributed by atoms with Gasteiger partial charge < -0.3 is 15.4 Å². The van der Waals surface area contributed by atoms with Crippen LogP contribution < -0.4 is 15.4 Å². The molecule has 0 spiro atoms. The molecule has 1 saturated carbocycles. The van der Waals surface area contributed by atoms with E-state index in [2.05, 4.69) is 17.6 Å². The van der Waals surface area contributed by atoms with Crippen LogP contribution in [-0.4, -0.2) is 25.5 Å². The van der Waals surface area contributed by atoms with E-state index >= 15 is 0 Å². The molecule has 0 aliphatic heterocycles. The number of hydrogen-bond donors (Lipinski definition) is 2. The SMILES string of the molecule is COc1ccc(CCNC(=O)c2cccc(NC(=O)[C@@H]3C[C@@H]3C)c2)cc1. The molecule has 3 rings (SSSR count). The quantitative estimate of drug-likeness (QED) is 0.804. The van der Waals surface area contributed by atoms with E-state index in [0.717, 1.165) is 24.2 Å². The third kappa shape index (κ3) is 4.63. The van der Waals surface area contributed by atoms with Crippen LogP contribution in [0.3, 0.4) is 0 Å². The number of amides is 2. The smallest absolute Gasteiger partial charge is 0.251 e. The van der Waals surface area contributed by atoms with Gasteiger partial charge in [-0.05, 0) is 54.7 Å². The number of ether oxygens (including phenoxy) is 1. The molecule has 0 radical (unpaired) electrons. The maximum absolute atomic E-state index is 12.3. The minimum Gasteiger partial charge on any atom is -0.497 e. The maximum Gasteiger partial charge on any atom is 0.251 e. The third-order valence-corrected chi connectivity index (χ3v) is 4.70. The molecular formula is C21H24N2O3. The summed E-state index contributed by atoms with van der Waals surface area (Å²) in [5, 5.41) is 5.81. The highest BCUT2D eigenvalue weighted by molar-refractivity contribution is 5.98. The predicted octanol–water partition coefficient (Wildman–Crippen LogP) is 3.26. The number of methoxy groups -OCH3 is 1. The number of carbonyl (C=O) groups excluding carboxylic acids is 2. The van der Waals surface area contributed by atoms with Gasteiger partial charge in [0.15, 0.2) is 0 Å². The first-order chi connectivity index (χ1) is 12.6. The fourth-order valence-corrected chi connectivity index (χ4v) is 2.88. The Morgan fingerprint density at radius 2 is 1.88 bits per heavy atom.